The number of ether oxygens (including phenoxy) is 4. The van der Waals surface area contributed by atoms with E-state index in [1.807, 2.05) is 31.3 Å². The van der Waals surface area contributed by atoms with Crippen molar-refractivity contribution in [2.75, 3.05) is 67.3 Å². The normalized spacial score (nSPS) is 16.6. The summed E-state index contributed by atoms with van der Waals surface area (Å²) in [6, 6.07) is 7.97. The van der Waals surface area contributed by atoms with Crippen LogP contribution in [0.3, 0.4) is 0 Å². The van der Waals surface area contributed by atoms with Crippen LogP contribution in [0.25, 0.3) is 0 Å². The summed E-state index contributed by atoms with van der Waals surface area (Å²) in [4.78, 5) is 6.72. The first-order valence-corrected chi connectivity index (χ1v) is 9.99. The lowest BCUT2D eigenvalue weighted by Gasteiger charge is -2.21. The Morgan fingerprint density at radius 3 is 2.62 bits per heavy atom. The van der Waals surface area contributed by atoms with Crippen LogP contribution in [-0.2, 0) is 20.8 Å². The van der Waals surface area contributed by atoms with Crippen LogP contribution < -0.4 is 10.1 Å². The molecule has 29 heavy (non-hydrogen) atoms. The quantitative estimate of drug-likeness (QED) is 0.198. The number of benzene rings is 1. The fourth-order valence-electron chi connectivity index (χ4n) is 3.17. The van der Waals surface area contributed by atoms with E-state index in [4.69, 9.17) is 18.9 Å². The number of rotatable bonds is 12. The summed E-state index contributed by atoms with van der Waals surface area (Å²) in [5, 5.41) is 3.44. The van der Waals surface area contributed by atoms with E-state index in [2.05, 4.69) is 15.2 Å². The zero-order chi connectivity index (χ0) is 20.0. The van der Waals surface area contributed by atoms with Crippen molar-refractivity contribution < 1.29 is 18.9 Å². The number of methoxy groups -OCH3 is 2. The Morgan fingerprint density at radius 2 is 1.93 bits per heavy atom. The molecule has 0 bridgehead atoms. The highest BCUT2D eigenvalue weighted by Gasteiger charge is 2.24. The molecular weight excluding hydrogens is 485 g/mol. The lowest BCUT2D eigenvalue weighted by molar-refractivity contribution is 0.0536. The number of nitrogens with one attached hydrogen (secondary N) is 1. The van der Waals surface area contributed by atoms with Gasteiger partial charge >= 0.3 is 0 Å². The standard InChI is InChI=1S/C21H35N3O4.HI/c1-22-21(24-11-9-19(15-24)17-28-14-13-25-2)23-10-4-12-27-16-18-5-7-20(26-3)8-6-18;/h5-8,19H,4,9-17H2,1-3H3,(H,22,23);1H. The minimum atomic E-state index is 0. The van der Waals surface area contributed by atoms with E-state index in [9.17, 15) is 0 Å². The summed E-state index contributed by atoms with van der Waals surface area (Å²) < 4.78 is 21.6. The molecule has 1 aliphatic rings. The van der Waals surface area contributed by atoms with Gasteiger partial charge in [0, 0.05) is 46.3 Å². The smallest absolute Gasteiger partial charge is 0.193 e. The number of aliphatic imine (C=N–C) groups is 1. The van der Waals surface area contributed by atoms with Crippen molar-refractivity contribution in [1.82, 2.24) is 10.2 Å². The van der Waals surface area contributed by atoms with Crippen molar-refractivity contribution in [1.29, 1.82) is 0 Å². The SMILES string of the molecule is CN=C(NCCCOCc1ccc(OC)cc1)N1CCC(COCCOC)C1.I. The molecule has 1 aliphatic heterocycles. The number of nitrogens with zero attached hydrogens (tertiary/aromatic N) is 2. The first-order chi connectivity index (χ1) is 13.8. The molecule has 0 amide bonds. The van der Waals surface area contributed by atoms with Gasteiger partial charge in [-0.05, 0) is 30.5 Å². The van der Waals surface area contributed by atoms with Crippen molar-refractivity contribution in [2.45, 2.75) is 19.4 Å². The van der Waals surface area contributed by atoms with Crippen LogP contribution in [0, 0.1) is 5.92 Å². The Bertz CT molecular complexity index is 572. The van der Waals surface area contributed by atoms with Gasteiger partial charge < -0.3 is 29.2 Å². The zero-order valence-corrected chi connectivity index (χ0v) is 20.2. The van der Waals surface area contributed by atoms with Gasteiger partial charge in [-0.1, -0.05) is 12.1 Å². The maximum absolute atomic E-state index is 5.75. The Labute approximate surface area is 192 Å². The van der Waals surface area contributed by atoms with Crippen LogP contribution in [0.1, 0.15) is 18.4 Å². The van der Waals surface area contributed by atoms with E-state index in [1.165, 1.54) is 0 Å². The molecule has 1 N–H and O–H groups in total. The Hall–Kier alpha value is -1.10. The summed E-state index contributed by atoms with van der Waals surface area (Å²) in [6.07, 6.45) is 2.07. The van der Waals surface area contributed by atoms with Gasteiger partial charge in [0.1, 0.15) is 5.75 Å². The van der Waals surface area contributed by atoms with Crippen LogP contribution in [0.2, 0.25) is 0 Å². The van der Waals surface area contributed by atoms with Crippen LogP contribution in [0.15, 0.2) is 29.3 Å². The Kier molecular flexibility index (Phi) is 14.0. The van der Waals surface area contributed by atoms with Crippen molar-refractivity contribution in [3.63, 3.8) is 0 Å². The van der Waals surface area contributed by atoms with Crippen molar-refractivity contribution in [3.05, 3.63) is 29.8 Å². The maximum atomic E-state index is 5.75. The first-order valence-electron chi connectivity index (χ1n) is 9.99. The Morgan fingerprint density at radius 1 is 1.14 bits per heavy atom. The topological polar surface area (TPSA) is 64.6 Å². The summed E-state index contributed by atoms with van der Waals surface area (Å²) in [6.45, 7) is 6.29. The summed E-state index contributed by atoms with van der Waals surface area (Å²) in [5.41, 5.74) is 1.15. The molecule has 0 radical (unpaired) electrons. The van der Waals surface area contributed by atoms with Crippen molar-refractivity contribution in [2.24, 2.45) is 10.9 Å². The van der Waals surface area contributed by atoms with E-state index >= 15 is 0 Å². The van der Waals surface area contributed by atoms with Gasteiger partial charge in [0.15, 0.2) is 5.96 Å². The molecule has 0 spiro atoms. The largest absolute Gasteiger partial charge is 0.497 e. The second-order valence-electron chi connectivity index (χ2n) is 6.90. The average molecular weight is 521 g/mol. The molecule has 1 atom stereocenters. The monoisotopic (exact) mass is 521 g/mol. The molecule has 7 nitrogen and oxygen atoms in total. The van der Waals surface area contributed by atoms with Gasteiger partial charge in [0.25, 0.3) is 0 Å². The molecule has 2 rings (SSSR count). The third-order valence-electron chi connectivity index (χ3n) is 4.76. The highest BCUT2D eigenvalue weighted by Crippen LogP contribution is 2.16. The van der Waals surface area contributed by atoms with E-state index in [0.717, 1.165) is 56.4 Å². The number of likely N-dealkylation sites (tertiary alicyclic amines) is 1. The highest BCUT2D eigenvalue weighted by atomic mass is 127. The predicted octanol–water partition coefficient (Wildman–Crippen LogP) is 2.78. The van der Waals surface area contributed by atoms with E-state index in [0.29, 0.717) is 32.3 Å². The van der Waals surface area contributed by atoms with E-state index in [1.54, 1.807) is 14.2 Å². The van der Waals surface area contributed by atoms with Gasteiger partial charge in [-0.25, -0.2) is 0 Å². The van der Waals surface area contributed by atoms with Gasteiger partial charge in [-0.15, -0.1) is 24.0 Å². The Balaban J connectivity index is 0.00000420. The van der Waals surface area contributed by atoms with Crippen molar-refractivity contribution >= 4 is 29.9 Å². The number of guanidine groups is 1. The fraction of sp³-hybridized carbons (Fsp3) is 0.667. The molecule has 0 saturated carbocycles. The minimum absolute atomic E-state index is 0. The zero-order valence-electron chi connectivity index (χ0n) is 17.9. The predicted molar refractivity (Wildman–Crippen MR) is 126 cm³/mol. The third kappa shape index (κ3) is 9.97. The highest BCUT2D eigenvalue weighted by molar-refractivity contribution is 14.0. The number of halogens is 1. The van der Waals surface area contributed by atoms with Crippen LogP contribution in [0.5, 0.6) is 5.75 Å². The summed E-state index contributed by atoms with van der Waals surface area (Å²) >= 11 is 0. The molecule has 0 aliphatic carbocycles. The molecule has 166 valence electrons. The molecule has 1 heterocycles. The van der Waals surface area contributed by atoms with Crippen LogP contribution in [-0.4, -0.2) is 78.2 Å². The molecular formula is C21H36IN3O4. The van der Waals surface area contributed by atoms with E-state index < -0.39 is 0 Å². The van der Waals surface area contributed by atoms with E-state index in [-0.39, 0.29) is 24.0 Å². The fourth-order valence-corrected chi connectivity index (χ4v) is 3.17. The second-order valence-corrected chi connectivity index (χ2v) is 6.90. The lowest BCUT2D eigenvalue weighted by Crippen LogP contribution is -2.40. The molecule has 1 saturated heterocycles. The summed E-state index contributed by atoms with van der Waals surface area (Å²) in [7, 11) is 5.21. The molecule has 0 aromatic heterocycles. The maximum Gasteiger partial charge on any atom is 0.193 e. The van der Waals surface area contributed by atoms with Crippen LogP contribution >= 0.6 is 24.0 Å². The molecule has 1 unspecified atom stereocenters. The first kappa shape index (κ1) is 25.9. The van der Waals surface area contributed by atoms with Gasteiger partial charge in [0.2, 0.25) is 0 Å². The van der Waals surface area contributed by atoms with Gasteiger partial charge in [-0.2, -0.15) is 0 Å². The molecule has 1 aromatic rings. The number of hydrogen-bond donors (Lipinski definition) is 1. The van der Waals surface area contributed by atoms with Gasteiger partial charge in [-0.3, -0.25) is 4.99 Å². The molecule has 1 aromatic carbocycles. The average Bonchev–Trinajstić information content (AvgIpc) is 3.20. The third-order valence-corrected chi connectivity index (χ3v) is 4.76. The van der Waals surface area contributed by atoms with Crippen LogP contribution in [0.4, 0.5) is 0 Å². The lowest BCUT2D eigenvalue weighted by atomic mass is 10.1. The molecule has 1 fully saturated rings. The molecule has 8 heteroatoms. The van der Waals surface area contributed by atoms with Gasteiger partial charge in [0.05, 0.1) is 33.5 Å². The summed E-state index contributed by atoms with van der Waals surface area (Å²) in [5.74, 6) is 2.39. The number of hydrogen-bond acceptors (Lipinski definition) is 5. The second kappa shape index (κ2) is 15.7. The minimum Gasteiger partial charge on any atom is -0.497 e. The van der Waals surface area contributed by atoms with Crippen molar-refractivity contribution in [3.8, 4) is 5.75 Å².